The van der Waals surface area contributed by atoms with E-state index in [2.05, 4.69) is 60.8 Å². The number of hydrogen-bond donors (Lipinski definition) is 2. The van der Waals surface area contributed by atoms with Crippen LogP contribution in [0.15, 0.2) is 53.4 Å². The second-order valence-electron chi connectivity index (χ2n) is 12.6. The molecule has 2 aliphatic heterocycles. The summed E-state index contributed by atoms with van der Waals surface area (Å²) in [5.74, 6) is 1.45. The van der Waals surface area contributed by atoms with E-state index in [-0.39, 0.29) is 18.0 Å². The minimum atomic E-state index is -0.0892. The number of fused-ring (bicyclic) bond motifs is 4. The number of nitrogens with zero attached hydrogens (tertiary/aromatic N) is 3. The molecule has 0 spiro atoms. The van der Waals surface area contributed by atoms with E-state index >= 15 is 0 Å². The van der Waals surface area contributed by atoms with E-state index in [1.54, 1.807) is 0 Å². The number of anilines is 1. The molecular formula is C34H43N5O3S. The van der Waals surface area contributed by atoms with Gasteiger partial charge in [-0.15, -0.1) is 0 Å². The van der Waals surface area contributed by atoms with Crippen LogP contribution >= 0.6 is 11.9 Å². The summed E-state index contributed by atoms with van der Waals surface area (Å²) in [6.07, 6.45) is 4.84. The molecule has 0 radical (unpaired) electrons. The molecule has 1 unspecified atom stereocenters. The lowest BCUT2D eigenvalue weighted by Crippen LogP contribution is -2.60. The number of hydrogen-bond acceptors (Lipinski definition) is 8. The Bertz CT molecular complexity index is 1420. The molecule has 1 aliphatic carbocycles. The standard InChI is InChI=1S/C34H43N5O3S/c1-21(2)15-28-20-42-31-19-30(32-22(3)7-5-8-23(32)4)36-34(37-31)38-43-29-10-6-9-24(16-29)33(40)39(28)27-17-26(18-27)35-25-11-13-41-14-12-25/h5-10,16,19,21,25-28,35H,11-15,17-18,20H2,1-4H3,(H,36,37,38). The average molecular weight is 602 g/mol. The summed E-state index contributed by atoms with van der Waals surface area (Å²) < 4.78 is 15.4. The van der Waals surface area contributed by atoms with Gasteiger partial charge in [-0.05, 0) is 93.1 Å². The average Bonchev–Trinajstić information content (AvgIpc) is 2.97. The second-order valence-corrected chi connectivity index (χ2v) is 13.5. The van der Waals surface area contributed by atoms with Crippen LogP contribution in [0.1, 0.15) is 67.4 Å². The first-order chi connectivity index (χ1) is 20.8. The Morgan fingerprint density at radius 2 is 1.77 bits per heavy atom. The molecule has 3 aliphatic rings. The lowest BCUT2D eigenvalue weighted by molar-refractivity contribution is 0.0156. The minimum Gasteiger partial charge on any atom is -0.475 e. The van der Waals surface area contributed by atoms with Crippen molar-refractivity contribution in [1.82, 2.24) is 20.2 Å². The van der Waals surface area contributed by atoms with Crippen molar-refractivity contribution >= 4 is 23.8 Å². The number of amides is 1. The van der Waals surface area contributed by atoms with Crippen molar-refractivity contribution in [2.24, 2.45) is 5.92 Å². The molecule has 6 rings (SSSR count). The first kappa shape index (κ1) is 29.9. The predicted molar refractivity (Wildman–Crippen MR) is 172 cm³/mol. The Kier molecular flexibility index (Phi) is 9.21. The maximum absolute atomic E-state index is 14.3. The van der Waals surface area contributed by atoms with Crippen molar-refractivity contribution in [3.05, 3.63) is 65.2 Å². The van der Waals surface area contributed by atoms with Gasteiger partial charge < -0.3 is 19.7 Å². The van der Waals surface area contributed by atoms with Gasteiger partial charge in [-0.3, -0.25) is 9.52 Å². The Morgan fingerprint density at radius 3 is 2.51 bits per heavy atom. The molecular weight excluding hydrogens is 558 g/mol. The molecule has 1 atom stereocenters. The van der Waals surface area contributed by atoms with Crippen molar-refractivity contribution in [2.45, 2.75) is 88.9 Å². The van der Waals surface area contributed by atoms with Crippen LogP contribution in [0.3, 0.4) is 0 Å². The van der Waals surface area contributed by atoms with Crippen LogP contribution < -0.4 is 14.8 Å². The molecule has 2 N–H and O–H groups in total. The number of benzene rings is 2. The van der Waals surface area contributed by atoms with Crippen molar-refractivity contribution < 1.29 is 14.3 Å². The van der Waals surface area contributed by atoms with Gasteiger partial charge in [0, 0.05) is 53.4 Å². The summed E-state index contributed by atoms with van der Waals surface area (Å²) in [6, 6.07) is 17.1. The fourth-order valence-corrected chi connectivity index (χ4v) is 7.24. The van der Waals surface area contributed by atoms with Gasteiger partial charge in [-0.25, -0.2) is 4.98 Å². The molecule has 4 bridgehead atoms. The van der Waals surface area contributed by atoms with E-state index < -0.39 is 0 Å². The third-order valence-corrected chi connectivity index (χ3v) is 9.55. The van der Waals surface area contributed by atoms with E-state index in [1.165, 1.54) is 11.9 Å². The Morgan fingerprint density at radius 1 is 1.02 bits per heavy atom. The van der Waals surface area contributed by atoms with Gasteiger partial charge in [0.25, 0.3) is 5.91 Å². The molecule has 228 valence electrons. The molecule has 1 amide bonds. The topological polar surface area (TPSA) is 88.6 Å². The van der Waals surface area contributed by atoms with Crippen molar-refractivity contribution in [2.75, 3.05) is 24.5 Å². The lowest BCUT2D eigenvalue weighted by Gasteiger charge is -2.48. The summed E-state index contributed by atoms with van der Waals surface area (Å²) in [4.78, 5) is 27.0. The quantitative estimate of drug-likeness (QED) is 0.313. The fraction of sp³-hybridized carbons (Fsp3) is 0.500. The van der Waals surface area contributed by atoms with Gasteiger partial charge in [-0.2, -0.15) is 4.98 Å². The molecule has 8 nitrogen and oxygen atoms in total. The highest BCUT2D eigenvalue weighted by Crippen LogP contribution is 2.34. The van der Waals surface area contributed by atoms with E-state index in [0.717, 1.165) is 72.6 Å². The molecule has 43 heavy (non-hydrogen) atoms. The second kappa shape index (κ2) is 13.2. The summed E-state index contributed by atoms with van der Waals surface area (Å²) >= 11 is 1.41. The SMILES string of the molecule is Cc1cccc(C)c1-c1cc2nc(n1)NSc1cccc(c1)C(=O)N(C1CC(NC3CCOCC3)C1)C(CC(C)C)CO2. The number of aromatic nitrogens is 2. The lowest BCUT2D eigenvalue weighted by atomic mass is 9.82. The van der Waals surface area contributed by atoms with Crippen molar-refractivity contribution in [1.29, 1.82) is 0 Å². The van der Waals surface area contributed by atoms with E-state index in [1.807, 2.05) is 30.3 Å². The molecule has 2 fully saturated rings. The van der Waals surface area contributed by atoms with Crippen molar-refractivity contribution in [3.8, 4) is 17.1 Å². The number of ether oxygens (including phenoxy) is 2. The number of carbonyl (C=O) groups excluding carboxylic acids is 1. The molecule has 9 heteroatoms. The molecule has 3 heterocycles. The van der Waals surface area contributed by atoms with Crippen molar-refractivity contribution in [3.63, 3.8) is 0 Å². The smallest absolute Gasteiger partial charge is 0.254 e. The third-order valence-electron chi connectivity index (χ3n) is 8.78. The Balaban J connectivity index is 1.32. The van der Waals surface area contributed by atoms with E-state index in [9.17, 15) is 4.79 Å². The van der Waals surface area contributed by atoms with Gasteiger partial charge in [0.05, 0.1) is 11.7 Å². The fourth-order valence-electron chi connectivity index (χ4n) is 6.60. The number of rotatable bonds is 6. The highest BCUT2D eigenvalue weighted by atomic mass is 32.2. The number of nitrogens with one attached hydrogen (secondary N) is 2. The normalized spacial score (nSPS) is 23.0. The van der Waals surface area contributed by atoms with Gasteiger partial charge in [-0.1, -0.05) is 38.1 Å². The minimum absolute atomic E-state index is 0.0690. The summed E-state index contributed by atoms with van der Waals surface area (Å²) in [5.41, 5.74) is 4.91. The predicted octanol–water partition coefficient (Wildman–Crippen LogP) is 6.43. The maximum atomic E-state index is 14.3. The molecule has 2 aromatic carbocycles. The van der Waals surface area contributed by atoms with Gasteiger partial charge in [0.2, 0.25) is 11.8 Å². The largest absolute Gasteiger partial charge is 0.475 e. The maximum Gasteiger partial charge on any atom is 0.254 e. The number of carbonyl (C=O) groups is 1. The monoisotopic (exact) mass is 601 g/mol. The van der Waals surface area contributed by atoms with Gasteiger partial charge >= 0.3 is 0 Å². The van der Waals surface area contributed by atoms with Gasteiger partial charge in [0.1, 0.15) is 6.61 Å². The highest BCUT2D eigenvalue weighted by molar-refractivity contribution is 8.00. The zero-order valence-corrected chi connectivity index (χ0v) is 26.5. The molecule has 1 aromatic heterocycles. The molecule has 3 aromatic rings. The zero-order chi connectivity index (χ0) is 29.9. The van der Waals surface area contributed by atoms with Crippen LogP contribution in [-0.2, 0) is 4.74 Å². The molecule has 1 saturated carbocycles. The first-order valence-corrected chi connectivity index (χ1v) is 16.4. The Hall–Kier alpha value is -3.14. The Labute approximate surface area is 259 Å². The van der Waals surface area contributed by atoms with Crippen LogP contribution in [0.2, 0.25) is 0 Å². The summed E-state index contributed by atoms with van der Waals surface area (Å²) in [5, 5.41) is 3.83. The van der Waals surface area contributed by atoms with Crippen LogP contribution in [0.4, 0.5) is 5.95 Å². The highest BCUT2D eigenvalue weighted by Gasteiger charge is 2.41. The third kappa shape index (κ3) is 7.00. The van der Waals surface area contributed by atoms with E-state index in [0.29, 0.717) is 42.0 Å². The number of aryl methyl sites for hydroxylation is 2. The summed E-state index contributed by atoms with van der Waals surface area (Å²) in [7, 11) is 0. The first-order valence-electron chi connectivity index (χ1n) is 15.6. The van der Waals surface area contributed by atoms with Gasteiger partial charge in [0.15, 0.2) is 0 Å². The van der Waals surface area contributed by atoms with Crippen LogP contribution in [0.25, 0.3) is 11.3 Å². The van der Waals surface area contributed by atoms with Crippen LogP contribution in [0.5, 0.6) is 5.88 Å². The summed E-state index contributed by atoms with van der Waals surface area (Å²) in [6.45, 7) is 10.6. The van der Waals surface area contributed by atoms with Crippen LogP contribution in [0, 0.1) is 19.8 Å². The van der Waals surface area contributed by atoms with E-state index in [4.69, 9.17) is 19.4 Å². The molecule has 1 saturated heterocycles. The zero-order valence-electron chi connectivity index (χ0n) is 25.6. The van der Waals surface area contributed by atoms with Crippen LogP contribution in [-0.4, -0.2) is 64.8 Å².